The van der Waals surface area contributed by atoms with Gasteiger partial charge in [0.1, 0.15) is 11.8 Å². The molecular formula is C18H24N2O4. The summed E-state index contributed by atoms with van der Waals surface area (Å²) in [5, 5.41) is 19.2. The first-order valence-corrected chi connectivity index (χ1v) is 8.61. The third-order valence-electron chi connectivity index (χ3n) is 5.08. The number of rotatable bonds is 4. The van der Waals surface area contributed by atoms with Crippen LogP contribution in [0.3, 0.4) is 0 Å². The van der Waals surface area contributed by atoms with Crippen molar-refractivity contribution >= 4 is 11.9 Å². The average molecular weight is 332 g/mol. The van der Waals surface area contributed by atoms with Gasteiger partial charge in [0.15, 0.2) is 0 Å². The molecule has 0 saturated carbocycles. The second-order valence-electron chi connectivity index (χ2n) is 6.68. The van der Waals surface area contributed by atoms with E-state index in [4.69, 9.17) is 0 Å². The third-order valence-corrected chi connectivity index (χ3v) is 5.08. The Morgan fingerprint density at radius 1 is 1.08 bits per heavy atom. The molecule has 1 atom stereocenters. The van der Waals surface area contributed by atoms with E-state index in [1.165, 1.54) is 12.1 Å². The molecule has 0 aromatic heterocycles. The summed E-state index contributed by atoms with van der Waals surface area (Å²) < 4.78 is 0. The molecule has 0 bridgehead atoms. The van der Waals surface area contributed by atoms with Crippen molar-refractivity contribution in [2.75, 3.05) is 26.2 Å². The van der Waals surface area contributed by atoms with Crippen LogP contribution < -0.4 is 0 Å². The van der Waals surface area contributed by atoms with Crippen LogP contribution in [0, 0.1) is 5.92 Å². The fourth-order valence-corrected chi connectivity index (χ4v) is 3.80. The maximum atomic E-state index is 12.5. The Bertz CT molecular complexity index is 605. The number of phenols is 1. The number of likely N-dealkylation sites (tertiary alicyclic amines) is 2. The molecule has 6 heteroatoms. The van der Waals surface area contributed by atoms with Crippen LogP contribution in [-0.2, 0) is 9.59 Å². The highest BCUT2D eigenvalue weighted by molar-refractivity contribution is 5.79. The van der Waals surface area contributed by atoms with Gasteiger partial charge in [-0.3, -0.25) is 14.5 Å². The predicted octanol–water partition coefficient (Wildman–Crippen LogP) is 1.85. The fourth-order valence-electron chi connectivity index (χ4n) is 3.80. The van der Waals surface area contributed by atoms with Crippen molar-refractivity contribution in [3.05, 3.63) is 29.8 Å². The summed E-state index contributed by atoms with van der Waals surface area (Å²) in [7, 11) is 0. The quantitative estimate of drug-likeness (QED) is 0.879. The highest BCUT2D eigenvalue weighted by Gasteiger charge is 2.35. The molecule has 2 heterocycles. The number of phenolic OH excluding ortho intramolecular Hbond substituents is 1. The summed E-state index contributed by atoms with van der Waals surface area (Å²) in [6.07, 6.45) is 3.56. The van der Waals surface area contributed by atoms with E-state index in [-0.39, 0.29) is 17.6 Å². The zero-order valence-corrected chi connectivity index (χ0v) is 13.7. The molecule has 2 aliphatic rings. The molecule has 1 amide bonds. The lowest BCUT2D eigenvalue weighted by Gasteiger charge is -2.36. The topological polar surface area (TPSA) is 81.1 Å². The minimum atomic E-state index is -0.926. The van der Waals surface area contributed by atoms with Gasteiger partial charge < -0.3 is 15.1 Å². The van der Waals surface area contributed by atoms with Gasteiger partial charge in [0, 0.05) is 32.1 Å². The highest BCUT2D eigenvalue weighted by Crippen LogP contribution is 2.30. The standard InChI is InChI=1S/C18H24N2O4/c21-15-5-3-4-14(12-15)16(18(23)24)19-10-6-13(7-11-19)17(22)20-8-1-2-9-20/h3-5,12-13,16,21H,1-2,6-11H2,(H,23,24)/t16-/m1/s1. The molecule has 3 rings (SSSR count). The van der Waals surface area contributed by atoms with Crippen LogP contribution in [0.1, 0.15) is 37.3 Å². The van der Waals surface area contributed by atoms with Gasteiger partial charge in [0.2, 0.25) is 5.91 Å². The van der Waals surface area contributed by atoms with Crippen molar-refractivity contribution in [1.29, 1.82) is 0 Å². The van der Waals surface area contributed by atoms with E-state index in [9.17, 15) is 19.8 Å². The van der Waals surface area contributed by atoms with Crippen LogP contribution in [0.25, 0.3) is 0 Å². The van der Waals surface area contributed by atoms with E-state index >= 15 is 0 Å². The average Bonchev–Trinajstić information content (AvgIpc) is 3.09. The molecule has 2 saturated heterocycles. The molecule has 1 aromatic carbocycles. The second kappa shape index (κ2) is 7.21. The zero-order chi connectivity index (χ0) is 17.1. The van der Waals surface area contributed by atoms with E-state index < -0.39 is 12.0 Å². The fraction of sp³-hybridized carbons (Fsp3) is 0.556. The third kappa shape index (κ3) is 3.53. The van der Waals surface area contributed by atoms with E-state index in [0.717, 1.165) is 25.9 Å². The Labute approximate surface area is 141 Å². The number of carboxylic acids is 1. The summed E-state index contributed by atoms with van der Waals surface area (Å²) in [4.78, 5) is 28.1. The number of benzene rings is 1. The second-order valence-corrected chi connectivity index (χ2v) is 6.68. The Morgan fingerprint density at radius 2 is 1.75 bits per heavy atom. The van der Waals surface area contributed by atoms with Gasteiger partial charge in [-0.2, -0.15) is 0 Å². The number of aromatic hydroxyl groups is 1. The molecule has 24 heavy (non-hydrogen) atoms. The number of hydrogen-bond acceptors (Lipinski definition) is 4. The van der Waals surface area contributed by atoms with Crippen molar-refractivity contribution in [1.82, 2.24) is 9.80 Å². The smallest absolute Gasteiger partial charge is 0.325 e. The van der Waals surface area contributed by atoms with Gasteiger partial charge in [-0.25, -0.2) is 0 Å². The molecule has 2 N–H and O–H groups in total. The lowest BCUT2D eigenvalue weighted by Crippen LogP contribution is -2.44. The lowest BCUT2D eigenvalue weighted by atomic mass is 9.93. The lowest BCUT2D eigenvalue weighted by molar-refractivity contribution is -0.144. The number of carbonyl (C=O) groups is 2. The summed E-state index contributed by atoms with van der Waals surface area (Å²) >= 11 is 0. The molecule has 2 fully saturated rings. The van der Waals surface area contributed by atoms with Gasteiger partial charge in [0.25, 0.3) is 0 Å². The summed E-state index contributed by atoms with van der Waals surface area (Å²) in [5.74, 6) is -0.614. The largest absolute Gasteiger partial charge is 0.508 e. The zero-order valence-electron chi connectivity index (χ0n) is 13.7. The number of hydrogen-bond donors (Lipinski definition) is 2. The van der Waals surface area contributed by atoms with Crippen LogP contribution >= 0.6 is 0 Å². The first-order chi connectivity index (χ1) is 11.6. The number of carboxylic acid groups (broad SMARTS) is 1. The van der Waals surface area contributed by atoms with Crippen LogP contribution in [0.2, 0.25) is 0 Å². The summed E-state index contributed by atoms with van der Waals surface area (Å²) in [5.41, 5.74) is 0.576. The van der Waals surface area contributed by atoms with Gasteiger partial charge in [-0.1, -0.05) is 12.1 Å². The van der Waals surface area contributed by atoms with Crippen molar-refractivity contribution < 1.29 is 19.8 Å². The van der Waals surface area contributed by atoms with Gasteiger partial charge in [-0.15, -0.1) is 0 Å². The Hall–Kier alpha value is -2.08. The minimum absolute atomic E-state index is 0.0120. The van der Waals surface area contributed by atoms with Gasteiger partial charge >= 0.3 is 5.97 Å². The van der Waals surface area contributed by atoms with Gasteiger partial charge in [0.05, 0.1) is 0 Å². The molecule has 2 aliphatic heterocycles. The Kier molecular flexibility index (Phi) is 5.04. The molecule has 1 aromatic rings. The van der Waals surface area contributed by atoms with E-state index in [0.29, 0.717) is 31.5 Å². The predicted molar refractivity (Wildman–Crippen MR) is 88.6 cm³/mol. The number of amides is 1. The van der Waals surface area contributed by atoms with E-state index in [1.807, 2.05) is 9.80 Å². The van der Waals surface area contributed by atoms with Crippen molar-refractivity contribution in [3.63, 3.8) is 0 Å². The molecule has 130 valence electrons. The maximum Gasteiger partial charge on any atom is 0.325 e. The summed E-state index contributed by atoms with van der Waals surface area (Å²) in [6, 6.07) is 5.63. The minimum Gasteiger partial charge on any atom is -0.508 e. The molecular weight excluding hydrogens is 308 g/mol. The number of piperidine rings is 1. The van der Waals surface area contributed by atoms with Crippen molar-refractivity contribution in [2.45, 2.75) is 31.7 Å². The normalized spacial score (nSPS) is 20.9. The molecule has 0 unspecified atom stereocenters. The van der Waals surface area contributed by atoms with E-state index in [2.05, 4.69) is 0 Å². The number of nitrogens with zero attached hydrogens (tertiary/aromatic N) is 2. The molecule has 0 aliphatic carbocycles. The van der Waals surface area contributed by atoms with Crippen molar-refractivity contribution in [2.24, 2.45) is 5.92 Å². The van der Waals surface area contributed by atoms with Crippen LogP contribution in [0.4, 0.5) is 0 Å². The van der Waals surface area contributed by atoms with Crippen LogP contribution in [0.5, 0.6) is 5.75 Å². The highest BCUT2D eigenvalue weighted by atomic mass is 16.4. The number of carbonyl (C=O) groups excluding carboxylic acids is 1. The number of aliphatic carboxylic acids is 1. The first kappa shape index (κ1) is 16.8. The van der Waals surface area contributed by atoms with E-state index in [1.54, 1.807) is 12.1 Å². The van der Waals surface area contributed by atoms with Crippen molar-refractivity contribution in [3.8, 4) is 5.75 Å². The molecule has 6 nitrogen and oxygen atoms in total. The van der Waals surface area contributed by atoms with Crippen LogP contribution in [0.15, 0.2) is 24.3 Å². The Balaban J connectivity index is 1.65. The maximum absolute atomic E-state index is 12.5. The Morgan fingerprint density at radius 3 is 2.33 bits per heavy atom. The molecule has 0 radical (unpaired) electrons. The first-order valence-electron chi connectivity index (χ1n) is 8.61. The monoisotopic (exact) mass is 332 g/mol. The SMILES string of the molecule is O=C(O)[C@@H](c1cccc(O)c1)N1CCC(C(=O)N2CCCC2)CC1. The molecule has 0 spiro atoms. The van der Waals surface area contributed by atoms with Crippen LogP contribution in [-0.4, -0.2) is 58.1 Å². The summed E-state index contributed by atoms with van der Waals surface area (Å²) in [6.45, 7) is 2.88. The van der Waals surface area contributed by atoms with Gasteiger partial charge in [-0.05, 0) is 43.4 Å².